The lowest BCUT2D eigenvalue weighted by molar-refractivity contribution is -0.137. The van der Waals surface area contributed by atoms with E-state index in [2.05, 4.69) is 4.98 Å². The van der Waals surface area contributed by atoms with Crippen LogP contribution in [0, 0.1) is 0 Å². The highest BCUT2D eigenvalue weighted by Gasteiger charge is 2.30. The van der Waals surface area contributed by atoms with E-state index in [0.29, 0.717) is 30.1 Å². The van der Waals surface area contributed by atoms with Crippen LogP contribution < -0.4 is 0 Å². The Balaban J connectivity index is 1.87. The first-order valence-electron chi connectivity index (χ1n) is 6.76. The molecule has 0 spiro atoms. The fraction of sp³-hybridized carbons (Fsp3) is 0.333. The quantitative estimate of drug-likeness (QED) is 0.800. The Morgan fingerprint density at radius 3 is 2.55 bits per heavy atom. The third-order valence-electron chi connectivity index (χ3n) is 3.64. The predicted octanol–water partition coefficient (Wildman–Crippen LogP) is 3.73. The van der Waals surface area contributed by atoms with Gasteiger partial charge in [0.25, 0.3) is 0 Å². The summed E-state index contributed by atoms with van der Waals surface area (Å²) in [7, 11) is 0. The molecule has 0 N–H and O–H groups in total. The van der Waals surface area contributed by atoms with Gasteiger partial charge >= 0.3 is 6.18 Å². The van der Waals surface area contributed by atoms with Crippen LogP contribution in [0.15, 0.2) is 24.3 Å². The Bertz CT molecular complexity index is 707. The largest absolute Gasteiger partial charge is 0.416 e. The zero-order chi connectivity index (χ0) is 15.9. The predicted molar refractivity (Wildman–Crippen MR) is 77.3 cm³/mol. The number of thiazole rings is 1. The Kier molecular flexibility index (Phi) is 3.68. The highest BCUT2D eigenvalue weighted by Crippen LogP contribution is 2.34. The molecule has 2 heterocycles. The van der Waals surface area contributed by atoms with Gasteiger partial charge < -0.3 is 4.90 Å². The Labute approximate surface area is 129 Å². The van der Waals surface area contributed by atoms with E-state index in [9.17, 15) is 18.0 Å². The van der Waals surface area contributed by atoms with E-state index in [0.717, 1.165) is 22.7 Å². The number of fused-ring (bicyclic) bond motifs is 1. The molecule has 1 aliphatic heterocycles. The summed E-state index contributed by atoms with van der Waals surface area (Å²) in [6.07, 6.45) is -3.64. The average Bonchev–Trinajstić information content (AvgIpc) is 2.89. The molecule has 116 valence electrons. The highest BCUT2D eigenvalue weighted by atomic mass is 32.1. The molecule has 7 heteroatoms. The molecule has 0 unspecified atom stereocenters. The van der Waals surface area contributed by atoms with Crippen LogP contribution in [-0.2, 0) is 23.9 Å². The lowest BCUT2D eigenvalue weighted by Crippen LogP contribution is -2.33. The summed E-state index contributed by atoms with van der Waals surface area (Å²) in [6, 6.07) is 5.01. The van der Waals surface area contributed by atoms with Crippen molar-refractivity contribution in [1.29, 1.82) is 0 Å². The summed E-state index contributed by atoms with van der Waals surface area (Å²) in [5.74, 6) is 0.0233. The van der Waals surface area contributed by atoms with Gasteiger partial charge in [0, 0.05) is 30.3 Å². The Hall–Kier alpha value is -1.89. The third kappa shape index (κ3) is 2.85. The van der Waals surface area contributed by atoms with Gasteiger partial charge in [0.1, 0.15) is 5.01 Å². The number of hydrogen-bond acceptors (Lipinski definition) is 3. The molecular weight excluding hydrogens is 313 g/mol. The molecule has 22 heavy (non-hydrogen) atoms. The van der Waals surface area contributed by atoms with Gasteiger partial charge in [-0.2, -0.15) is 13.2 Å². The maximum atomic E-state index is 12.6. The van der Waals surface area contributed by atoms with Crippen molar-refractivity contribution in [3.05, 3.63) is 40.4 Å². The van der Waals surface area contributed by atoms with Crippen molar-refractivity contribution in [2.75, 3.05) is 6.54 Å². The van der Waals surface area contributed by atoms with Gasteiger partial charge in [0.15, 0.2) is 0 Å². The van der Waals surface area contributed by atoms with E-state index in [-0.39, 0.29) is 5.91 Å². The van der Waals surface area contributed by atoms with Crippen molar-refractivity contribution in [2.24, 2.45) is 0 Å². The minimum atomic E-state index is -4.33. The SMILES string of the molecule is CC(=O)N1CCc2nc(-c3ccc(C(F)(F)F)cc3)sc2C1. The van der Waals surface area contributed by atoms with Gasteiger partial charge in [-0.1, -0.05) is 12.1 Å². The number of amides is 1. The molecule has 3 rings (SSSR count). The van der Waals surface area contributed by atoms with Crippen LogP contribution in [0.1, 0.15) is 23.1 Å². The van der Waals surface area contributed by atoms with Crippen molar-refractivity contribution in [2.45, 2.75) is 26.1 Å². The number of hydrogen-bond donors (Lipinski definition) is 0. The summed E-state index contributed by atoms with van der Waals surface area (Å²) < 4.78 is 37.7. The number of rotatable bonds is 1. The smallest absolute Gasteiger partial charge is 0.337 e. The zero-order valence-electron chi connectivity index (χ0n) is 11.8. The Morgan fingerprint density at radius 1 is 1.27 bits per heavy atom. The molecule has 1 aromatic carbocycles. The van der Waals surface area contributed by atoms with Crippen LogP contribution in [0.2, 0.25) is 0 Å². The lowest BCUT2D eigenvalue weighted by atomic mass is 10.1. The van der Waals surface area contributed by atoms with Crippen molar-refractivity contribution in [3.8, 4) is 10.6 Å². The first-order chi connectivity index (χ1) is 10.3. The van der Waals surface area contributed by atoms with Crippen LogP contribution in [0.3, 0.4) is 0 Å². The molecule has 3 nitrogen and oxygen atoms in total. The molecule has 2 aromatic rings. The van der Waals surface area contributed by atoms with E-state index in [1.807, 2.05) is 0 Å². The molecule has 1 aliphatic rings. The second-order valence-corrected chi connectivity index (χ2v) is 6.24. The summed E-state index contributed by atoms with van der Waals surface area (Å²) in [5.41, 5.74) is 0.944. The number of carbonyl (C=O) groups excluding carboxylic acids is 1. The number of carbonyl (C=O) groups is 1. The van der Waals surface area contributed by atoms with Crippen molar-refractivity contribution < 1.29 is 18.0 Å². The highest BCUT2D eigenvalue weighted by molar-refractivity contribution is 7.15. The second-order valence-electron chi connectivity index (χ2n) is 5.15. The van der Waals surface area contributed by atoms with Gasteiger partial charge in [-0.05, 0) is 12.1 Å². The van der Waals surface area contributed by atoms with Crippen LogP contribution in [0.4, 0.5) is 13.2 Å². The van der Waals surface area contributed by atoms with Crippen molar-refractivity contribution in [3.63, 3.8) is 0 Å². The van der Waals surface area contributed by atoms with E-state index >= 15 is 0 Å². The van der Waals surface area contributed by atoms with Gasteiger partial charge in [0.2, 0.25) is 5.91 Å². The summed E-state index contributed by atoms with van der Waals surface area (Å²) in [6.45, 7) is 2.70. The molecule has 1 amide bonds. The molecular formula is C15H13F3N2OS. The molecule has 0 radical (unpaired) electrons. The van der Waals surface area contributed by atoms with Crippen molar-refractivity contribution >= 4 is 17.2 Å². The third-order valence-corrected chi connectivity index (χ3v) is 4.77. The summed E-state index contributed by atoms with van der Waals surface area (Å²) >= 11 is 1.44. The van der Waals surface area contributed by atoms with E-state index < -0.39 is 11.7 Å². The fourth-order valence-corrected chi connectivity index (χ4v) is 3.52. The monoisotopic (exact) mass is 326 g/mol. The number of nitrogens with zero attached hydrogens (tertiary/aromatic N) is 2. The zero-order valence-corrected chi connectivity index (χ0v) is 12.6. The molecule has 0 saturated carbocycles. The fourth-order valence-electron chi connectivity index (χ4n) is 2.39. The summed E-state index contributed by atoms with van der Waals surface area (Å²) in [5, 5.41) is 0.698. The minimum absolute atomic E-state index is 0.0233. The standard InChI is InChI=1S/C15H13F3N2OS/c1-9(21)20-7-6-12-13(8-20)22-14(19-12)10-2-4-11(5-3-10)15(16,17)18/h2-5H,6-8H2,1H3. The van der Waals surface area contributed by atoms with Gasteiger partial charge in [-0.3, -0.25) is 4.79 Å². The second kappa shape index (κ2) is 5.39. The average molecular weight is 326 g/mol. The van der Waals surface area contributed by atoms with E-state index in [4.69, 9.17) is 0 Å². The van der Waals surface area contributed by atoms with Crippen LogP contribution in [0.25, 0.3) is 10.6 Å². The number of halogens is 3. The number of benzene rings is 1. The molecule has 1 aromatic heterocycles. The van der Waals surface area contributed by atoms with Crippen LogP contribution in [0.5, 0.6) is 0 Å². The molecule has 0 aliphatic carbocycles. The van der Waals surface area contributed by atoms with E-state index in [1.165, 1.54) is 30.4 Å². The molecule has 0 atom stereocenters. The summed E-state index contributed by atoms with van der Waals surface area (Å²) in [4.78, 5) is 18.7. The first kappa shape index (κ1) is 15.0. The van der Waals surface area contributed by atoms with Gasteiger partial charge in [-0.25, -0.2) is 4.98 Å². The topological polar surface area (TPSA) is 33.2 Å². The van der Waals surface area contributed by atoms with Gasteiger partial charge in [0.05, 0.1) is 17.8 Å². The Morgan fingerprint density at radius 2 is 1.95 bits per heavy atom. The normalized spacial score (nSPS) is 14.8. The van der Waals surface area contributed by atoms with Crippen LogP contribution in [-0.4, -0.2) is 22.3 Å². The maximum Gasteiger partial charge on any atom is 0.416 e. The maximum absolute atomic E-state index is 12.6. The van der Waals surface area contributed by atoms with E-state index in [1.54, 1.807) is 4.90 Å². The minimum Gasteiger partial charge on any atom is -0.337 e. The molecule has 0 bridgehead atoms. The van der Waals surface area contributed by atoms with Crippen LogP contribution >= 0.6 is 11.3 Å². The van der Waals surface area contributed by atoms with Gasteiger partial charge in [-0.15, -0.1) is 11.3 Å². The molecule has 0 saturated heterocycles. The lowest BCUT2D eigenvalue weighted by Gasteiger charge is -2.24. The first-order valence-corrected chi connectivity index (χ1v) is 7.58. The van der Waals surface area contributed by atoms with Crippen molar-refractivity contribution in [1.82, 2.24) is 9.88 Å². The number of alkyl halides is 3. The number of aromatic nitrogens is 1. The molecule has 0 fully saturated rings.